The summed E-state index contributed by atoms with van der Waals surface area (Å²) in [5, 5.41) is 13.2. The van der Waals surface area contributed by atoms with Gasteiger partial charge in [0.05, 0.1) is 17.5 Å². The van der Waals surface area contributed by atoms with Crippen LogP contribution in [0.4, 0.5) is 11.5 Å². The fourth-order valence-corrected chi connectivity index (χ4v) is 2.09. The molecular weight excluding hydrogens is 252 g/mol. The zero-order valence-electron chi connectivity index (χ0n) is 11.1. The van der Waals surface area contributed by atoms with Gasteiger partial charge in [0.2, 0.25) is 5.28 Å². The number of nitrogen functional groups attached to an aromatic ring is 1. The number of aryl methyl sites for hydroxylation is 1. The second-order valence-electron chi connectivity index (χ2n) is 4.37. The summed E-state index contributed by atoms with van der Waals surface area (Å²) < 4.78 is 0. The topological polar surface area (TPSA) is 84.1 Å². The van der Waals surface area contributed by atoms with Crippen molar-refractivity contribution in [3.8, 4) is 0 Å². The van der Waals surface area contributed by atoms with Gasteiger partial charge in [0.1, 0.15) is 0 Å². The third-order valence-electron chi connectivity index (χ3n) is 3.18. The van der Waals surface area contributed by atoms with Gasteiger partial charge in [-0.05, 0) is 24.4 Å². The van der Waals surface area contributed by atoms with E-state index in [1.807, 2.05) is 0 Å². The summed E-state index contributed by atoms with van der Waals surface area (Å²) in [4.78, 5) is 7.98. The van der Waals surface area contributed by atoms with Crippen LogP contribution in [0.3, 0.4) is 0 Å². The SMILES string of the molecule is CCC(CC)C(O)CNc1nc(Cl)nc(C)c1N. The second-order valence-corrected chi connectivity index (χ2v) is 4.70. The number of nitrogens with zero attached hydrogens (tertiary/aromatic N) is 2. The second kappa shape index (κ2) is 6.75. The predicted octanol–water partition coefficient (Wildman–Crippen LogP) is 2.23. The van der Waals surface area contributed by atoms with Gasteiger partial charge in [0.15, 0.2) is 5.82 Å². The minimum Gasteiger partial charge on any atom is -0.394 e. The minimum atomic E-state index is -0.423. The smallest absolute Gasteiger partial charge is 0.224 e. The third kappa shape index (κ3) is 3.71. The Kier molecular flexibility index (Phi) is 5.62. The first kappa shape index (κ1) is 15.0. The summed E-state index contributed by atoms with van der Waals surface area (Å²) >= 11 is 5.77. The van der Waals surface area contributed by atoms with Crippen molar-refractivity contribution in [2.45, 2.75) is 39.7 Å². The van der Waals surface area contributed by atoms with E-state index in [-0.39, 0.29) is 11.2 Å². The lowest BCUT2D eigenvalue weighted by Gasteiger charge is -2.21. The van der Waals surface area contributed by atoms with E-state index in [9.17, 15) is 5.11 Å². The lowest BCUT2D eigenvalue weighted by Crippen LogP contribution is -2.28. The van der Waals surface area contributed by atoms with Crippen molar-refractivity contribution < 1.29 is 5.11 Å². The number of hydrogen-bond donors (Lipinski definition) is 3. The van der Waals surface area contributed by atoms with Crippen molar-refractivity contribution in [1.29, 1.82) is 0 Å². The van der Waals surface area contributed by atoms with E-state index in [1.165, 1.54) is 0 Å². The Morgan fingerprint density at radius 1 is 1.33 bits per heavy atom. The fraction of sp³-hybridized carbons (Fsp3) is 0.667. The number of aliphatic hydroxyl groups excluding tert-OH is 1. The highest BCUT2D eigenvalue weighted by Crippen LogP contribution is 2.21. The number of halogens is 1. The summed E-state index contributed by atoms with van der Waals surface area (Å²) in [5.74, 6) is 0.759. The van der Waals surface area contributed by atoms with E-state index >= 15 is 0 Å². The van der Waals surface area contributed by atoms with Crippen LogP contribution in [-0.4, -0.2) is 27.7 Å². The monoisotopic (exact) mass is 272 g/mol. The van der Waals surface area contributed by atoms with Crippen LogP contribution in [0.5, 0.6) is 0 Å². The van der Waals surface area contributed by atoms with Crippen LogP contribution in [0.1, 0.15) is 32.4 Å². The molecule has 0 radical (unpaired) electrons. The first-order chi connectivity index (χ1) is 8.49. The van der Waals surface area contributed by atoms with Crippen molar-refractivity contribution in [3.05, 3.63) is 11.0 Å². The fourth-order valence-electron chi connectivity index (χ4n) is 1.88. The van der Waals surface area contributed by atoms with Crippen molar-refractivity contribution in [2.24, 2.45) is 5.92 Å². The first-order valence-corrected chi connectivity index (χ1v) is 6.58. The number of hydrogen-bond acceptors (Lipinski definition) is 5. The molecule has 102 valence electrons. The van der Waals surface area contributed by atoms with Gasteiger partial charge in [0, 0.05) is 6.54 Å². The lowest BCUT2D eigenvalue weighted by atomic mass is 9.96. The van der Waals surface area contributed by atoms with Crippen molar-refractivity contribution in [3.63, 3.8) is 0 Å². The van der Waals surface area contributed by atoms with Crippen molar-refractivity contribution >= 4 is 23.1 Å². The molecule has 1 atom stereocenters. The highest BCUT2D eigenvalue weighted by molar-refractivity contribution is 6.28. The van der Waals surface area contributed by atoms with Gasteiger partial charge >= 0.3 is 0 Å². The molecule has 6 heteroatoms. The van der Waals surface area contributed by atoms with E-state index in [0.29, 0.717) is 23.7 Å². The van der Waals surface area contributed by atoms with Gasteiger partial charge in [-0.15, -0.1) is 0 Å². The molecule has 0 bridgehead atoms. The molecule has 4 N–H and O–H groups in total. The zero-order valence-corrected chi connectivity index (χ0v) is 11.8. The van der Waals surface area contributed by atoms with Gasteiger partial charge in [0.25, 0.3) is 0 Å². The number of anilines is 2. The number of nitrogens with two attached hydrogens (primary N) is 1. The molecule has 0 aliphatic rings. The van der Waals surface area contributed by atoms with Gasteiger partial charge in [-0.2, -0.15) is 4.98 Å². The lowest BCUT2D eigenvalue weighted by molar-refractivity contribution is 0.114. The number of nitrogens with one attached hydrogen (secondary N) is 1. The molecule has 0 aliphatic heterocycles. The van der Waals surface area contributed by atoms with Crippen LogP contribution in [0, 0.1) is 12.8 Å². The quantitative estimate of drug-likeness (QED) is 0.692. The van der Waals surface area contributed by atoms with E-state index in [1.54, 1.807) is 6.92 Å². The van der Waals surface area contributed by atoms with Crippen LogP contribution in [0.25, 0.3) is 0 Å². The molecule has 0 saturated heterocycles. The van der Waals surface area contributed by atoms with Crippen LogP contribution >= 0.6 is 11.6 Å². The maximum absolute atomic E-state index is 10.0. The van der Waals surface area contributed by atoms with Crippen molar-refractivity contribution in [1.82, 2.24) is 9.97 Å². The summed E-state index contributed by atoms with van der Waals surface area (Å²) in [6.45, 7) is 6.31. The molecule has 0 saturated carbocycles. The molecule has 0 aromatic carbocycles. The van der Waals surface area contributed by atoms with Crippen LogP contribution in [0.2, 0.25) is 5.28 Å². The largest absolute Gasteiger partial charge is 0.394 e. The van der Waals surface area contributed by atoms with E-state index in [2.05, 4.69) is 29.1 Å². The maximum atomic E-state index is 10.0. The van der Waals surface area contributed by atoms with Gasteiger partial charge in [-0.1, -0.05) is 26.7 Å². The molecular formula is C12H21ClN4O. The van der Waals surface area contributed by atoms with Gasteiger partial charge in [-0.25, -0.2) is 4.98 Å². The molecule has 1 aromatic rings. The summed E-state index contributed by atoms with van der Waals surface area (Å²) in [7, 11) is 0. The molecule has 0 spiro atoms. The summed E-state index contributed by atoms with van der Waals surface area (Å²) in [5.41, 5.74) is 6.95. The number of aromatic nitrogens is 2. The van der Waals surface area contributed by atoms with E-state index in [4.69, 9.17) is 17.3 Å². The Bertz CT molecular complexity index is 396. The van der Waals surface area contributed by atoms with E-state index < -0.39 is 6.10 Å². The summed E-state index contributed by atoms with van der Waals surface area (Å²) in [6, 6.07) is 0. The Balaban J connectivity index is 2.69. The molecule has 0 aliphatic carbocycles. The zero-order chi connectivity index (χ0) is 13.7. The molecule has 18 heavy (non-hydrogen) atoms. The molecule has 1 aromatic heterocycles. The molecule has 1 unspecified atom stereocenters. The highest BCUT2D eigenvalue weighted by Gasteiger charge is 2.16. The highest BCUT2D eigenvalue weighted by atomic mass is 35.5. The molecule has 5 nitrogen and oxygen atoms in total. The number of rotatable bonds is 6. The van der Waals surface area contributed by atoms with Crippen LogP contribution in [0.15, 0.2) is 0 Å². The predicted molar refractivity (Wildman–Crippen MR) is 74.8 cm³/mol. The molecule has 1 heterocycles. The van der Waals surface area contributed by atoms with Crippen LogP contribution < -0.4 is 11.1 Å². The third-order valence-corrected chi connectivity index (χ3v) is 3.35. The van der Waals surface area contributed by atoms with Gasteiger partial charge in [-0.3, -0.25) is 0 Å². The average molecular weight is 273 g/mol. The number of aliphatic hydroxyl groups is 1. The average Bonchev–Trinajstić information content (AvgIpc) is 2.33. The molecule has 1 rings (SSSR count). The van der Waals surface area contributed by atoms with Crippen molar-refractivity contribution in [2.75, 3.05) is 17.6 Å². The summed E-state index contributed by atoms with van der Waals surface area (Å²) in [6.07, 6.45) is 1.46. The van der Waals surface area contributed by atoms with Crippen LogP contribution in [-0.2, 0) is 0 Å². The minimum absolute atomic E-state index is 0.154. The molecule has 0 fully saturated rings. The molecule has 0 amide bonds. The maximum Gasteiger partial charge on any atom is 0.224 e. The van der Waals surface area contributed by atoms with E-state index in [0.717, 1.165) is 12.8 Å². The Morgan fingerprint density at radius 3 is 2.50 bits per heavy atom. The first-order valence-electron chi connectivity index (χ1n) is 6.21. The Morgan fingerprint density at radius 2 is 1.94 bits per heavy atom. The normalized spacial score (nSPS) is 12.8. The van der Waals surface area contributed by atoms with Gasteiger partial charge < -0.3 is 16.2 Å². The Hall–Kier alpha value is -1.07. The standard InChI is InChI=1S/C12H21ClN4O/c1-4-8(5-2)9(18)6-15-11-10(14)7(3)16-12(13)17-11/h8-9,18H,4-6,14H2,1-3H3,(H,15,16,17). The Labute approximate surface area is 113 Å².